The first-order valence-corrected chi connectivity index (χ1v) is 14.2. The first-order valence-electron chi connectivity index (χ1n) is 14.2. The van der Waals surface area contributed by atoms with Gasteiger partial charge >= 0.3 is 5.97 Å². The molecule has 6 heteroatoms. The van der Waals surface area contributed by atoms with Crippen molar-refractivity contribution in [3.63, 3.8) is 0 Å². The molecule has 0 unspecified atom stereocenters. The van der Waals surface area contributed by atoms with Crippen molar-refractivity contribution in [2.45, 2.75) is 110 Å². The second kappa shape index (κ2) is 8.01. The molecule has 2 heterocycles. The van der Waals surface area contributed by atoms with Crippen molar-refractivity contribution >= 4 is 11.8 Å². The maximum absolute atomic E-state index is 13.6. The molecule has 0 amide bonds. The molecule has 4 aliphatic carbocycles. The average molecular weight is 489 g/mol. The van der Waals surface area contributed by atoms with Crippen LogP contribution in [-0.2, 0) is 23.8 Å². The molecule has 1 spiro atoms. The normalized spacial score (nSPS) is 57.3. The number of ketones is 1. The molecule has 6 nitrogen and oxygen atoms in total. The number of rotatable bonds is 1. The number of fused-ring (bicyclic) bond motifs is 7. The van der Waals surface area contributed by atoms with Crippen molar-refractivity contribution in [2.24, 2.45) is 52.3 Å². The molecule has 6 fully saturated rings. The fraction of sp³-hybridized carbons (Fsp3) is 0.931. The van der Waals surface area contributed by atoms with Gasteiger partial charge in [-0.15, -0.1) is 0 Å². The first-order chi connectivity index (χ1) is 16.5. The highest BCUT2D eigenvalue weighted by Gasteiger charge is 2.70. The minimum atomic E-state index is -0.697. The molecule has 0 aromatic rings. The van der Waals surface area contributed by atoms with E-state index in [9.17, 15) is 14.7 Å². The summed E-state index contributed by atoms with van der Waals surface area (Å²) < 4.78 is 18.7. The third-order valence-corrected chi connectivity index (χ3v) is 12.0. The third kappa shape index (κ3) is 3.38. The fourth-order valence-corrected chi connectivity index (χ4v) is 10.4. The van der Waals surface area contributed by atoms with Gasteiger partial charge in [-0.1, -0.05) is 27.7 Å². The predicted octanol–water partition coefficient (Wildman–Crippen LogP) is 4.51. The topological polar surface area (TPSA) is 82.1 Å². The molecule has 6 aliphatic rings. The van der Waals surface area contributed by atoms with Crippen molar-refractivity contribution in [2.75, 3.05) is 6.61 Å². The van der Waals surface area contributed by atoms with Gasteiger partial charge in [0.2, 0.25) is 0 Å². The average Bonchev–Trinajstić information content (AvgIpc) is 3.22. The Kier molecular flexibility index (Phi) is 5.57. The smallest absolute Gasteiger partial charge is 0.302 e. The number of hydrogen-bond acceptors (Lipinski definition) is 6. The number of Topliss-reactive ketones (excluding diaryl/α,β-unsaturated/α-hetero) is 1. The van der Waals surface area contributed by atoms with Gasteiger partial charge in [-0.05, 0) is 78.9 Å². The lowest BCUT2D eigenvalue weighted by molar-refractivity contribution is -0.273. The molecule has 0 aromatic carbocycles. The summed E-state index contributed by atoms with van der Waals surface area (Å²) in [5.74, 6) is 2.09. The van der Waals surface area contributed by atoms with E-state index in [-0.39, 0.29) is 28.8 Å². The molecule has 2 saturated heterocycles. The number of esters is 1. The zero-order chi connectivity index (χ0) is 24.9. The highest BCUT2D eigenvalue weighted by atomic mass is 16.7. The summed E-state index contributed by atoms with van der Waals surface area (Å²) in [4.78, 5) is 25.2. The summed E-state index contributed by atoms with van der Waals surface area (Å²) in [7, 11) is 0. The summed E-state index contributed by atoms with van der Waals surface area (Å²) in [5, 5.41) is 10.9. The molecule has 196 valence electrons. The SMILES string of the molecule is CC(=O)O[C@@H]1C[C@@H]2C(=O)C[C@@H]3[C@H](CC[C@]4(C)[C@@H]5[C@H](C[C@@H]34)O[C@]3(CC[C@@H](C)CO3)[C@H]5C)[C@@]2(C)C[C@@H]1O. The fourth-order valence-electron chi connectivity index (χ4n) is 10.4. The van der Waals surface area contributed by atoms with E-state index in [0.717, 1.165) is 32.3 Å². The summed E-state index contributed by atoms with van der Waals surface area (Å²) in [6, 6.07) is 0. The Balaban J connectivity index is 1.25. The van der Waals surface area contributed by atoms with Crippen molar-refractivity contribution in [3.05, 3.63) is 0 Å². The lowest BCUT2D eigenvalue weighted by atomic mass is 9.43. The first kappa shape index (κ1) is 24.4. The Morgan fingerprint density at radius 1 is 1.09 bits per heavy atom. The predicted molar refractivity (Wildman–Crippen MR) is 129 cm³/mol. The van der Waals surface area contributed by atoms with Gasteiger partial charge in [0.1, 0.15) is 11.9 Å². The summed E-state index contributed by atoms with van der Waals surface area (Å²) in [6.45, 7) is 11.5. The molecule has 4 saturated carbocycles. The van der Waals surface area contributed by atoms with Crippen LogP contribution in [0.4, 0.5) is 0 Å². The monoisotopic (exact) mass is 488 g/mol. The highest BCUT2D eigenvalue weighted by molar-refractivity contribution is 5.83. The van der Waals surface area contributed by atoms with E-state index >= 15 is 0 Å². The van der Waals surface area contributed by atoms with Crippen LogP contribution in [0.15, 0.2) is 0 Å². The minimum absolute atomic E-state index is 0.127. The van der Waals surface area contributed by atoms with Crippen molar-refractivity contribution < 1.29 is 28.9 Å². The summed E-state index contributed by atoms with van der Waals surface area (Å²) in [6.07, 6.45) is 6.04. The number of hydrogen-bond donors (Lipinski definition) is 1. The van der Waals surface area contributed by atoms with Crippen LogP contribution in [0.1, 0.15) is 86.0 Å². The Morgan fingerprint density at radius 3 is 2.54 bits per heavy atom. The van der Waals surface area contributed by atoms with Gasteiger partial charge in [0.05, 0.1) is 18.8 Å². The van der Waals surface area contributed by atoms with Crippen LogP contribution in [0, 0.1) is 52.3 Å². The van der Waals surface area contributed by atoms with Crippen LogP contribution in [0.25, 0.3) is 0 Å². The minimum Gasteiger partial charge on any atom is -0.460 e. The van der Waals surface area contributed by atoms with Gasteiger partial charge < -0.3 is 19.3 Å². The number of carbonyl (C=O) groups is 2. The highest BCUT2D eigenvalue weighted by Crippen LogP contribution is 2.71. The zero-order valence-corrected chi connectivity index (χ0v) is 22.1. The second-order valence-electron chi connectivity index (χ2n) is 13.8. The van der Waals surface area contributed by atoms with E-state index in [2.05, 4.69) is 27.7 Å². The van der Waals surface area contributed by atoms with E-state index < -0.39 is 18.0 Å². The van der Waals surface area contributed by atoms with Gasteiger partial charge in [-0.3, -0.25) is 9.59 Å². The van der Waals surface area contributed by atoms with Crippen molar-refractivity contribution in [1.82, 2.24) is 0 Å². The standard InChI is InChI=1S/C29H44O6/c1-15-6-9-29(33-14-15)16(2)26-25(35-29)11-20-18-10-22(31)21-12-24(34-17(3)30)23(32)13-28(21,5)19(18)7-8-27(20,26)4/h15-16,18-21,23-26,32H,6-14H2,1-5H3/t15-,16+,18-,19+,20+,21-,23+,24-,25+,26+,27+,28-,29-/m1/s1. The molecular weight excluding hydrogens is 444 g/mol. The number of aliphatic hydroxyl groups excluding tert-OH is 1. The van der Waals surface area contributed by atoms with Crippen LogP contribution in [-0.4, -0.2) is 47.6 Å². The maximum atomic E-state index is 13.6. The van der Waals surface area contributed by atoms with Gasteiger partial charge in [0.15, 0.2) is 5.79 Å². The molecule has 0 bridgehead atoms. The molecular formula is C29H44O6. The number of aliphatic hydroxyl groups is 1. The number of ether oxygens (including phenoxy) is 3. The van der Waals surface area contributed by atoms with Crippen LogP contribution >= 0.6 is 0 Å². The quantitative estimate of drug-likeness (QED) is 0.547. The Bertz CT molecular complexity index is 894. The Labute approximate surface area is 209 Å². The molecule has 2 aliphatic heterocycles. The van der Waals surface area contributed by atoms with Crippen LogP contribution in [0.5, 0.6) is 0 Å². The van der Waals surface area contributed by atoms with E-state index in [1.54, 1.807) is 0 Å². The van der Waals surface area contributed by atoms with Crippen LogP contribution < -0.4 is 0 Å². The van der Waals surface area contributed by atoms with Crippen LogP contribution in [0.3, 0.4) is 0 Å². The Hall–Kier alpha value is -0.980. The van der Waals surface area contributed by atoms with Crippen molar-refractivity contribution in [3.8, 4) is 0 Å². The maximum Gasteiger partial charge on any atom is 0.302 e. The largest absolute Gasteiger partial charge is 0.460 e. The molecule has 0 radical (unpaired) electrons. The van der Waals surface area contributed by atoms with E-state index in [0.29, 0.717) is 60.6 Å². The number of carbonyl (C=O) groups excluding carboxylic acids is 2. The molecule has 35 heavy (non-hydrogen) atoms. The zero-order valence-electron chi connectivity index (χ0n) is 22.1. The van der Waals surface area contributed by atoms with E-state index in [1.807, 2.05) is 0 Å². The van der Waals surface area contributed by atoms with Crippen molar-refractivity contribution in [1.29, 1.82) is 0 Å². The van der Waals surface area contributed by atoms with E-state index in [1.165, 1.54) is 13.3 Å². The Morgan fingerprint density at radius 2 is 1.86 bits per heavy atom. The van der Waals surface area contributed by atoms with Crippen LogP contribution in [0.2, 0.25) is 0 Å². The van der Waals surface area contributed by atoms with Gasteiger partial charge in [-0.25, -0.2) is 0 Å². The molecule has 13 atom stereocenters. The lowest BCUT2D eigenvalue weighted by Crippen LogP contribution is -2.60. The summed E-state index contributed by atoms with van der Waals surface area (Å²) in [5.41, 5.74) is -0.0659. The third-order valence-electron chi connectivity index (χ3n) is 12.0. The summed E-state index contributed by atoms with van der Waals surface area (Å²) >= 11 is 0. The second-order valence-corrected chi connectivity index (χ2v) is 13.8. The lowest BCUT2D eigenvalue weighted by Gasteiger charge is -2.61. The van der Waals surface area contributed by atoms with Gasteiger partial charge in [0.25, 0.3) is 0 Å². The van der Waals surface area contributed by atoms with E-state index in [4.69, 9.17) is 14.2 Å². The van der Waals surface area contributed by atoms with Gasteiger partial charge in [-0.2, -0.15) is 0 Å². The molecule has 0 aromatic heterocycles. The molecule has 6 rings (SSSR count). The molecule has 1 N–H and O–H groups in total. The van der Waals surface area contributed by atoms with Gasteiger partial charge in [0, 0.05) is 31.6 Å².